The normalized spacial score (nSPS) is 14.8. The topological polar surface area (TPSA) is 26.9 Å². The summed E-state index contributed by atoms with van der Waals surface area (Å²) in [7, 11) is 0. The minimum atomic E-state index is -0.108. The molecule has 0 saturated heterocycles. The summed E-state index contributed by atoms with van der Waals surface area (Å²) in [4.78, 5) is 0. The van der Waals surface area contributed by atoms with Crippen LogP contribution in [0, 0.1) is 0 Å². The van der Waals surface area contributed by atoms with E-state index in [1.807, 2.05) is 0 Å². The molecule has 1 aliphatic rings. The Bertz CT molecular complexity index is 343. The van der Waals surface area contributed by atoms with E-state index in [9.17, 15) is 5.11 Å². The Hall–Kier alpha value is -0.120. The summed E-state index contributed by atoms with van der Waals surface area (Å²) in [5.41, 5.74) is 0. The van der Waals surface area contributed by atoms with Crippen LogP contribution in [0.3, 0.4) is 0 Å². The van der Waals surface area contributed by atoms with Crippen molar-refractivity contribution in [3.05, 3.63) is 16.2 Å². The van der Waals surface area contributed by atoms with E-state index in [2.05, 4.69) is 0 Å². The molecule has 0 spiro atoms. The number of hydrogen-bond donors (Lipinski definition) is 0. The molecule has 2 nitrogen and oxygen atoms in total. The Kier molecular flexibility index (Phi) is 2.10. The van der Waals surface area contributed by atoms with Crippen LogP contribution in [0.4, 0.5) is 0 Å². The third kappa shape index (κ3) is 1.16. The zero-order chi connectivity index (χ0) is 8.72. The van der Waals surface area contributed by atoms with Gasteiger partial charge in [0.25, 0.3) is 5.15 Å². The van der Waals surface area contributed by atoms with Crippen molar-refractivity contribution in [3.63, 3.8) is 0 Å². The summed E-state index contributed by atoms with van der Waals surface area (Å²) in [5, 5.41) is 12.8. The highest BCUT2D eigenvalue weighted by molar-refractivity contribution is 7.99. The SMILES string of the molecule is [O-]c1c(Cl)cc(Cl)[n+]2c1SCC2. The third-order valence-corrected chi connectivity index (χ3v) is 3.37. The van der Waals surface area contributed by atoms with Crippen molar-refractivity contribution >= 4 is 35.0 Å². The molecule has 64 valence electrons. The standard InChI is InChI=1S/C7H5Cl2NOS/c8-4-3-5(9)10-1-2-12-7(10)6(4)11/h3H,1-2H2. The van der Waals surface area contributed by atoms with Gasteiger partial charge in [0, 0.05) is 11.1 Å². The van der Waals surface area contributed by atoms with Gasteiger partial charge in [-0.3, -0.25) is 0 Å². The van der Waals surface area contributed by atoms with Crippen LogP contribution >= 0.6 is 35.0 Å². The van der Waals surface area contributed by atoms with E-state index in [0.717, 1.165) is 12.3 Å². The van der Waals surface area contributed by atoms with Crippen molar-refractivity contribution in [2.75, 3.05) is 5.75 Å². The molecule has 0 radical (unpaired) electrons. The fourth-order valence-electron chi connectivity index (χ4n) is 1.16. The van der Waals surface area contributed by atoms with Gasteiger partial charge in [-0.1, -0.05) is 23.4 Å². The van der Waals surface area contributed by atoms with Gasteiger partial charge in [-0.05, 0) is 17.4 Å². The zero-order valence-corrected chi connectivity index (χ0v) is 8.34. The van der Waals surface area contributed by atoms with Crippen LogP contribution in [0.5, 0.6) is 5.75 Å². The fourth-order valence-corrected chi connectivity index (χ4v) is 2.84. The number of aromatic nitrogens is 1. The molecule has 2 rings (SSSR count). The Morgan fingerprint density at radius 2 is 2.25 bits per heavy atom. The molecule has 0 amide bonds. The maximum atomic E-state index is 11.4. The first-order valence-electron chi connectivity index (χ1n) is 3.42. The first-order valence-corrected chi connectivity index (χ1v) is 5.16. The van der Waals surface area contributed by atoms with Crippen molar-refractivity contribution in [1.82, 2.24) is 0 Å². The van der Waals surface area contributed by atoms with Crippen LogP contribution in [0.1, 0.15) is 0 Å². The highest BCUT2D eigenvalue weighted by atomic mass is 35.5. The molecule has 1 aromatic rings. The van der Waals surface area contributed by atoms with E-state index in [-0.39, 0.29) is 10.8 Å². The molecule has 0 saturated carbocycles. The fraction of sp³-hybridized carbons (Fsp3) is 0.286. The number of rotatable bonds is 0. The van der Waals surface area contributed by atoms with E-state index < -0.39 is 0 Å². The molecular formula is C7H5Cl2NOS. The molecule has 1 aromatic heterocycles. The second-order valence-electron chi connectivity index (χ2n) is 2.45. The lowest BCUT2D eigenvalue weighted by Gasteiger charge is -2.08. The molecule has 0 unspecified atom stereocenters. The average Bonchev–Trinajstić information content (AvgIpc) is 2.48. The van der Waals surface area contributed by atoms with Gasteiger partial charge in [-0.25, -0.2) is 0 Å². The molecule has 12 heavy (non-hydrogen) atoms. The minimum absolute atomic E-state index is 0.108. The minimum Gasteiger partial charge on any atom is -0.867 e. The summed E-state index contributed by atoms with van der Waals surface area (Å²) in [5.74, 6) is 0.790. The predicted octanol–water partition coefficient (Wildman–Crippen LogP) is 1.46. The second kappa shape index (κ2) is 2.98. The van der Waals surface area contributed by atoms with E-state index in [1.165, 1.54) is 17.8 Å². The first-order chi connectivity index (χ1) is 5.70. The maximum Gasteiger partial charge on any atom is 0.277 e. The van der Waals surface area contributed by atoms with Crippen molar-refractivity contribution in [3.8, 4) is 5.75 Å². The number of hydrogen-bond acceptors (Lipinski definition) is 2. The number of pyridine rings is 1. The van der Waals surface area contributed by atoms with Crippen molar-refractivity contribution in [2.24, 2.45) is 0 Å². The Morgan fingerprint density at radius 3 is 3.00 bits per heavy atom. The maximum absolute atomic E-state index is 11.4. The van der Waals surface area contributed by atoms with Crippen LogP contribution in [0.25, 0.3) is 0 Å². The molecular weight excluding hydrogens is 217 g/mol. The zero-order valence-electron chi connectivity index (χ0n) is 6.01. The molecule has 2 heterocycles. The second-order valence-corrected chi connectivity index (χ2v) is 4.33. The van der Waals surface area contributed by atoms with Crippen LogP contribution in [0.2, 0.25) is 10.2 Å². The van der Waals surface area contributed by atoms with E-state index in [1.54, 1.807) is 4.57 Å². The number of fused-ring (bicyclic) bond motifs is 1. The highest BCUT2D eigenvalue weighted by Crippen LogP contribution is 2.34. The van der Waals surface area contributed by atoms with E-state index >= 15 is 0 Å². The molecule has 0 bridgehead atoms. The first kappa shape index (κ1) is 8.48. The van der Waals surface area contributed by atoms with Gasteiger partial charge in [0.05, 0.1) is 5.75 Å². The summed E-state index contributed by atoms with van der Waals surface area (Å²) in [6, 6.07) is 1.50. The Morgan fingerprint density at radius 1 is 1.50 bits per heavy atom. The summed E-state index contributed by atoms with van der Waals surface area (Å²) >= 11 is 13.1. The van der Waals surface area contributed by atoms with E-state index in [4.69, 9.17) is 23.2 Å². The van der Waals surface area contributed by atoms with Gasteiger partial charge >= 0.3 is 0 Å². The Balaban J connectivity index is 2.69. The van der Waals surface area contributed by atoms with Gasteiger partial charge in [-0.15, -0.1) is 0 Å². The van der Waals surface area contributed by atoms with Gasteiger partial charge in [0.2, 0.25) is 5.03 Å². The summed E-state index contributed by atoms with van der Waals surface area (Å²) in [6.07, 6.45) is 0. The van der Waals surface area contributed by atoms with Gasteiger partial charge in [0.15, 0.2) is 6.54 Å². The van der Waals surface area contributed by atoms with Crippen molar-refractivity contribution in [1.29, 1.82) is 0 Å². The van der Waals surface area contributed by atoms with Crippen LogP contribution < -0.4 is 9.67 Å². The lowest BCUT2D eigenvalue weighted by molar-refractivity contribution is -0.724. The molecule has 0 atom stereocenters. The van der Waals surface area contributed by atoms with Crippen LogP contribution in [0.15, 0.2) is 11.1 Å². The number of halogens is 2. The lowest BCUT2D eigenvalue weighted by atomic mass is 10.4. The van der Waals surface area contributed by atoms with Crippen molar-refractivity contribution < 1.29 is 9.67 Å². The Labute approximate surface area is 84.1 Å². The average molecular weight is 222 g/mol. The molecule has 0 N–H and O–H groups in total. The summed E-state index contributed by atoms with van der Waals surface area (Å²) < 4.78 is 1.79. The summed E-state index contributed by atoms with van der Waals surface area (Å²) in [6.45, 7) is 0.797. The van der Waals surface area contributed by atoms with Crippen molar-refractivity contribution in [2.45, 2.75) is 11.6 Å². The quantitative estimate of drug-likeness (QED) is 0.490. The molecule has 5 heteroatoms. The lowest BCUT2D eigenvalue weighted by Crippen LogP contribution is -2.34. The third-order valence-electron chi connectivity index (χ3n) is 1.71. The molecule has 1 aliphatic heterocycles. The van der Waals surface area contributed by atoms with E-state index in [0.29, 0.717) is 10.2 Å². The van der Waals surface area contributed by atoms with Gasteiger partial charge in [0.1, 0.15) is 0 Å². The predicted molar refractivity (Wildman–Crippen MR) is 46.8 cm³/mol. The smallest absolute Gasteiger partial charge is 0.277 e. The molecule has 0 aromatic carbocycles. The largest absolute Gasteiger partial charge is 0.867 e. The molecule has 0 fully saturated rings. The number of thioether (sulfide) groups is 1. The monoisotopic (exact) mass is 221 g/mol. The van der Waals surface area contributed by atoms with Crippen LogP contribution in [-0.2, 0) is 6.54 Å². The van der Waals surface area contributed by atoms with Gasteiger partial charge < -0.3 is 5.11 Å². The molecule has 0 aliphatic carbocycles. The number of nitrogens with zero attached hydrogens (tertiary/aromatic N) is 1. The van der Waals surface area contributed by atoms with Gasteiger partial charge in [-0.2, -0.15) is 4.57 Å². The highest BCUT2D eigenvalue weighted by Gasteiger charge is 2.25. The van der Waals surface area contributed by atoms with Crippen LogP contribution in [-0.4, -0.2) is 5.75 Å².